The van der Waals surface area contributed by atoms with Gasteiger partial charge in [0.25, 0.3) is 0 Å². The summed E-state index contributed by atoms with van der Waals surface area (Å²) in [6, 6.07) is 17.4. The van der Waals surface area contributed by atoms with Gasteiger partial charge in [0, 0.05) is 24.7 Å². The second-order valence-electron chi connectivity index (χ2n) is 5.40. The van der Waals surface area contributed by atoms with Gasteiger partial charge >= 0.3 is 5.97 Å². The Morgan fingerprint density at radius 3 is 2.36 bits per heavy atom. The Morgan fingerprint density at radius 2 is 1.73 bits per heavy atom. The van der Waals surface area contributed by atoms with Crippen molar-refractivity contribution in [3.63, 3.8) is 0 Å². The smallest absolute Gasteiger partial charge is 0.333 e. The van der Waals surface area contributed by atoms with Crippen molar-refractivity contribution >= 4 is 23.1 Å². The molecule has 0 radical (unpaired) electrons. The lowest BCUT2D eigenvalue weighted by Crippen LogP contribution is -2.21. The van der Waals surface area contributed by atoms with E-state index in [4.69, 9.17) is 11.6 Å². The highest BCUT2D eigenvalue weighted by atomic mass is 35.5. The van der Waals surface area contributed by atoms with Gasteiger partial charge in [0.15, 0.2) is 0 Å². The minimum Gasteiger partial charge on any atom is -0.478 e. The molecule has 3 nitrogen and oxygen atoms in total. The highest BCUT2D eigenvalue weighted by Crippen LogP contribution is 2.29. The molecule has 22 heavy (non-hydrogen) atoms. The number of carboxylic acids is 1. The lowest BCUT2D eigenvalue weighted by Gasteiger charge is -2.16. The molecule has 0 atom stereocenters. The lowest BCUT2D eigenvalue weighted by molar-refractivity contribution is -0.132. The quantitative estimate of drug-likeness (QED) is 0.935. The number of carbonyl (C=O) groups is 1. The fourth-order valence-electron chi connectivity index (χ4n) is 2.76. The predicted molar refractivity (Wildman–Crippen MR) is 87.7 cm³/mol. The number of halogens is 1. The van der Waals surface area contributed by atoms with Crippen LogP contribution >= 0.6 is 11.6 Å². The number of benzene rings is 2. The van der Waals surface area contributed by atoms with Gasteiger partial charge in [-0.1, -0.05) is 54.1 Å². The summed E-state index contributed by atoms with van der Waals surface area (Å²) in [5.74, 6) is -0.847. The monoisotopic (exact) mass is 313 g/mol. The van der Waals surface area contributed by atoms with Crippen molar-refractivity contribution in [1.82, 2.24) is 4.90 Å². The molecular weight excluding hydrogens is 298 g/mol. The molecule has 1 N–H and O–H groups in total. The number of rotatable bonds is 4. The zero-order valence-electron chi connectivity index (χ0n) is 12.0. The van der Waals surface area contributed by atoms with Crippen molar-refractivity contribution < 1.29 is 9.90 Å². The molecule has 0 aliphatic carbocycles. The van der Waals surface area contributed by atoms with Gasteiger partial charge < -0.3 is 5.11 Å². The maximum absolute atomic E-state index is 11.5. The van der Waals surface area contributed by atoms with E-state index in [-0.39, 0.29) is 0 Å². The fourth-order valence-corrected chi connectivity index (χ4v) is 2.89. The van der Waals surface area contributed by atoms with E-state index in [2.05, 4.69) is 17.0 Å². The first kappa shape index (κ1) is 14.8. The molecule has 0 unspecified atom stereocenters. The number of hydrogen-bond acceptors (Lipinski definition) is 2. The second kappa shape index (κ2) is 6.34. The molecule has 0 bridgehead atoms. The van der Waals surface area contributed by atoms with Crippen LogP contribution in [0.5, 0.6) is 0 Å². The largest absolute Gasteiger partial charge is 0.478 e. The van der Waals surface area contributed by atoms with Crippen LogP contribution in [0, 0.1) is 0 Å². The zero-order chi connectivity index (χ0) is 15.5. The summed E-state index contributed by atoms with van der Waals surface area (Å²) >= 11 is 5.91. The van der Waals surface area contributed by atoms with Gasteiger partial charge in [0.05, 0.1) is 5.57 Å². The van der Waals surface area contributed by atoms with Crippen molar-refractivity contribution in [2.75, 3.05) is 13.1 Å². The summed E-state index contributed by atoms with van der Waals surface area (Å²) in [6.07, 6.45) is 0. The topological polar surface area (TPSA) is 40.5 Å². The Balaban J connectivity index is 1.82. The minimum absolute atomic E-state index is 0.461. The van der Waals surface area contributed by atoms with Crippen molar-refractivity contribution in [3.8, 4) is 0 Å². The second-order valence-corrected chi connectivity index (χ2v) is 5.84. The van der Waals surface area contributed by atoms with Crippen molar-refractivity contribution in [1.29, 1.82) is 0 Å². The predicted octanol–water partition coefficient (Wildman–Crippen LogP) is 3.69. The van der Waals surface area contributed by atoms with Crippen LogP contribution in [0.4, 0.5) is 0 Å². The van der Waals surface area contributed by atoms with E-state index in [9.17, 15) is 9.90 Å². The first-order valence-electron chi connectivity index (χ1n) is 7.11. The minimum atomic E-state index is -0.847. The van der Waals surface area contributed by atoms with Gasteiger partial charge in [0.2, 0.25) is 0 Å². The SMILES string of the molecule is O=C(O)C1=C(c2ccc(Cl)cc2)CN(Cc2ccccc2)C1. The van der Waals surface area contributed by atoms with E-state index in [0.717, 1.165) is 17.7 Å². The average molecular weight is 314 g/mol. The summed E-state index contributed by atoms with van der Waals surface area (Å²) in [7, 11) is 0. The van der Waals surface area contributed by atoms with E-state index in [1.54, 1.807) is 12.1 Å². The van der Waals surface area contributed by atoms with E-state index in [0.29, 0.717) is 23.7 Å². The Bertz CT molecular complexity index is 708. The third-order valence-corrected chi connectivity index (χ3v) is 4.08. The maximum Gasteiger partial charge on any atom is 0.333 e. The fraction of sp³-hybridized carbons (Fsp3) is 0.167. The summed E-state index contributed by atoms with van der Waals surface area (Å²) in [6.45, 7) is 1.84. The van der Waals surface area contributed by atoms with Gasteiger partial charge in [-0.2, -0.15) is 0 Å². The number of nitrogens with zero attached hydrogens (tertiary/aromatic N) is 1. The standard InChI is InChI=1S/C18H16ClNO2/c19-15-8-6-14(7-9-15)16-11-20(12-17(16)18(21)22)10-13-4-2-1-3-5-13/h1-9H,10-12H2,(H,21,22). The summed E-state index contributed by atoms with van der Waals surface area (Å²) in [5, 5.41) is 10.1. The number of aliphatic carboxylic acids is 1. The van der Waals surface area contributed by atoms with Crippen LogP contribution in [0.25, 0.3) is 5.57 Å². The molecule has 2 aromatic carbocycles. The Hall–Kier alpha value is -2.10. The van der Waals surface area contributed by atoms with Crippen molar-refractivity contribution in [3.05, 3.63) is 76.3 Å². The molecule has 1 aliphatic heterocycles. The molecular formula is C18H16ClNO2. The van der Waals surface area contributed by atoms with Crippen LogP contribution in [0.2, 0.25) is 5.02 Å². The third kappa shape index (κ3) is 3.21. The average Bonchev–Trinajstić information content (AvgIpc) is 2.93. The van der Waals surface area contributed by atoms with Crippen LogP contribution < -0.4 is 0 Å². The Labute approximate surface area is 134 Å². The molecule has 3 rings (SSSR count). The van der Waals surface area contributed by atoms with Gasteiger partial charge in [-0.15, -0.1) is 0 Å². The van der Waals surface area contributed by atoms with Crippen LogP contribution in [-0.4, -0.2) is 29.1 Å². The summed E-state index contributed by atoms with van der Waals surface area (Å²) in [4.78, 5) is 13.7. The lowest BCUT2D eigenvalue weighted by atomic mass is 10.0. The third-order valence-electron chi connectivity index (χ3n) is 3.83. The molecule has 0 spiro atoms. The van der Waals surface area contributed by atoms with Crippen molar-refractivity contribution in [2.45, 2.75) is 6.54 Å². The van der Waals surface area contributed by atoms with E-state index in [1.165, 1.54) is 5.56 Å². The molecule has 0 amide bonds. The molecule has 0 aromatic heterocycles. The Kier molecular flexibility index (Phi) is 4.27. The van der Waals surface area contributed by atoms with Gasteiger partial charge in [0.1, 0.15) is 0 Å². The molecule has 112 valence electrons. The van der Waals surface area contributed by atoms with Crippen LogP contribution in [0.3, 0.4) is 0 Å². The van der Waals surface area contributed by atoms with E-state index < -0.39 is 5.97 Å². The molecule has 0 fully saturated rings. The first-order chi connectivity index (χ1) is 10.6. The highest BCUT2D eigenvalue weighted by Gasteiger charge is 2.27. The molecule has 2 aromatic rings. The molecule has 1 heterocycles. The summed E-state index contributed by atoms with van der Waals surface area (Å²) < 4.78 is 0. The van der Waals surface area contributed by atoms with Crippen LogP contribution in [0.15, 0.2) is 60.2 Å². The molecule has 1 aliphatic rings. The maximum atomic E-state index is 11.5. The van der Waals surface area contributed by atoms with Crippen LogP contribution in [-0.2, 0) is 11.3 Å². The normalized spacial score (nSPS) is 15.3. The zero-order valence-corrected chi connectivity index (χ0v) is 12.8. The Morgan fingerprint density at radius 1 is 1.05 bits per heavy atom. The summed E-state index contributed by atoms with van der Waals surface area (Å²) in [5.41, 5.74) is 3.46. The van der Waals surface area contributed by atoms with Crippen LogP contribution in [0.1, 0.15) is 11.1 Å². The van der Waals surface area contributed by atoms with Gasteiger partial charge in [-0.3, -0.25) is 4.90 Å². The first-order valence-corrected chi connectivity index (χ1v) is 7.49. The van der Waals surface area contributed by atoms with Crippen molar-refractivity contribution in [2.24, 2.45) is 0 Å². The highest BCUT2D eigenvalue weighted by molar-refractivity contribution is 6.30. The molecule has 4 heteroatoms. The number of carboxylic acid groups (broad SMARTS) is 1. The molecule has 0 saturated heterocycles. The van der Waals surface area contributed by atoms with Gasteiger partial charge in [-0.25, -0.2) is 4.79 Å². The van der Waals surface area contributed by atoms with Gasteiger partial charge in [-0.05, 0) is 28.8 Å². The van der Waals surface area contributed by atoms with E-state index in [1.807, 2.05) is 30.3 Å². The van der Waals surface area contributed by atoms with E-state index >= 15 is 0 Å². The molecule has 0 saturated carbocycles. The number of hydrogen-bond donors (Lipinski definition) is 1.